The highest BCUT2D eigenvalue weighted by Gasteiger charge is 2.24. The summed E-state index contributed by atoms with van der Waals surface area (Å²) < 4.78 is 2.04. The number of carbonyl (C=O) groups is 2. The summed E-state index contributed by atoms with van der Waals surface area (Å²) >= 11 is 1.56. The molecule has 8 heteroatoms. The predicted molar refractivity (Wildman–Crippen MR) is 114 cm³/mol. The second kappa shape index (κ2) is 9.71. The van der Waals surface area contributed by atoms with Gasteiger partial charge in [0.15, 0.2) is 10.7 Å². The van der Waals surface area contributed by atoms with Crippen LogP contribution in [0.4, 0.5) is 0 Å². The number of rotatable bonds is 7. The van der Waals surface area contributed by atoms with E-state index in [0.717, 1.165) is 69.1 Å². The van der Waals surface area contributed by atoms with Gasteiger partial charge in [-0.1, -0.05) is 19.3 Å². The Morgan fingerprint density at radius 2 is 1.90 bits per heavy atom. The van der Waals surface area contributed by atoms with Crippen LogP contribution in [0.5, 0.6) is 0 Å². The van der Waals surface area contributed by atoms with Crippen LogP contribution in [0, 0.1) is 0 Å². The predicted octanol–water partition coefficient (Wildman–Crippen LogP) is 2.90. The van der Waals surface area contributed by atoms with Crippen LogP contribution >= 0.6 is 11.3 Å². The van der Waals surface area contributed by atoms with E-state index in [1.54, 1.807) is 11.3 Å². The van der Waals surface area contributed by atoms with E-state index in [0.29, 0.717) is 18.7 Å². The molecule has 0 aromatic carbocycles. The number of nitrogens with zero attached hydrogens (tertiary/aromatic N) is 4. The van der Waals surface area contributed by atoms with Crippen LogP contribution in [0.15, 0.2) is 11.6 Å². The van der Waals surface area contributed by atoms with E-state index in [9.17, 15) is 9.59 Å². The molecule has 2 amide bonds. The molecule has 1 N–H and O–H groups in total. The van der Waals surface area contributed by atoms with E-state index >= 15 is 0 Å². The fourth-order valence-corrected chi connectivity index (χ4v) is 5.05. The number of amides is 2. The first-order chi connectivity index (χ1) is 14.2. The number of thiazole rings is 1. The topological polar surface area (TPSA) is 70.0 Å². The van der Waals surface area contributed by atoms with Crippen molar-refractivity contribution in [1.29, 1.82) is 0 Å². The van der Waals surface area contributed by atoms with Crippen LogP contribution < -0.4 is 5.32 Å². The summed E-state index contributed by atoms with van der Waals surface area (Å²) in [6, 6.07) is 0. The van der Waals surface area contributed by atoms with E-state index in [1.807, 2.05) is 25.8 Å². The molecular formula is C21H31N5O2S. The molecule has 7 nitrogen and oxygen atoms in total. The smallest absolute Gasteiger partial charge is 0.274 e. The first-order valence-electron chi connectivity index (χ1n) is 11.0. The Kier molecular flexibility index (Phi) is 6.82. The van der Waals surface area contributed by atoms with Crippen LogP contribution in [0.2, 0.25) is 0 Å². The monoisotopic (exact) mass is 417 g/mol. The summed E-state index contributed by atoms with van der Waals surface area (Å²) in [6.07, 6.45) is 10.4. The standard InChI is InChI=1S/C21H31N5O2S/c27-18-8-6-12-24(18)13-7-9-22-16-17-19(23-21-26(17)14-15-29-21)20(28)25-10-4-2-1-3-5-11-25/h14-15,22H,1-13,16H2. The number of fused-ring (bicyclic) bond motifs is 1. The summed E-state index contributed by atoms with van der Waals surface area (Å²) in [5, 5.41) is 5.47. The Morgan fingerprint density at radius 1 is 1.10 bits per heavy atom. The number of aromatic nitrogens is 2. The third-order valence-corrected chi connectivity index (χ3v) is 6.71. The quantitative estimate of drug-likeness (QED) is 0.704. The number of hydrogen-bond acceptors (Lipinski definition) is 5. The molecule has 0 spiro atoms. The Balaban J connectivity index is 1.38. The van der Waals surface area contributed by atoms with E-state index in [4.69, 9.17) is 0 Å². The van der Waals surface area contributed by atoms with Gasteiger partial charge in [0.2, 0.25) is 5.91 Å². The number of carbonyl (C=O) groups excluding carboxylic acids is 2. The number of hydrogen-bond donors (Lipinski definition) is 1. The Morgan fingerprint density at radius 3 is 2.66 bits per heavy atom. The van der Waals surface area contributed by atoms with E-state index < -0.39 is 0 Å². The SMILES string of the molecule is O=C1CCCN1CCCNCc1c(C(=O)N2CCCCCCC2)nc2sccn12. The molecule has 4 heterocycles. The van der Waals surface area contributed by atoms with Gasteiger partial charge in [0, 0.05) is 50.7 Å². The lowest BCUT2D eigenvalue weighted by molar-refractivity contribution is -0.127. The van der Waals surface area contributed by atoms with Crippen LogP contribution in [0.25, 0.3) is 4.96 Å². The van der Waals surface area contributed by atoms with Crippen molar-refractivity contribution in [2.24, 2.45) is 0 Å². The lowest BCUT2D eigenvalue weighted by atomic mass is 10.1. The van der Waals surface area contributed by atoms with Crippen molar-refractivity contribution in [2.75, 3.05) is 32.7 Å². The minimum absolute atomic E-state index is 0.0715. The minimum atomic E-state index is 0.0715. The summed E-state index contributed by atoms with van der Waals surface area (Å²) in [6.45, 7) is 4.80. The van der Waals surface area contributed by atoms with Crippen molar-refractivity contribution >= 4 is 28.1 Å². The van der Waals surface area contributed by atoms with Crippen molar-refractivity contribution in [2.45, 2.75) is 57.9 Å². The molecule has 0 radical (unpaired) electrons. The van der Waals surface area contributed by atoms with Gasteiger partial charge in [-0.25, -0.2) is 4.98 Å². The van der Waals surface area contributed by atoms with Crippen LogP contribution in [0.3, 0.4) is 0 Å². The number of imidazole rings is 1. The van der Waals surface area contributed by atoms with Crippen molar-refractivity contribution in [3.8, 4) is 0 Å². The highest BCUT2D eigenvalue weighted by Crippen LogP contribution is 2.20. The maximum atomic E-state index is 13.2. The molecule has 0 unspecified atom stereocenters. The maximum absolute atomic E-state index is 13.2. The highest BCUT2D eigenvalue weighted by molar-refractivity contribution is 7.15. The second-order valence-electron chi connectivity index (χ2n) is 8.04. The Labute approximate surface area is 176 Å². The van der Waals surface area contributed by atoms with Gasteiger partial charge >= 0.3 is 0 Å². The molecule has 0 aliphatic carbocycles. The molecule has 0 bridgehead atoms. The molecule has 2 aliphatic rings. The van der Waals surface area contributed by atoms with E-state index in [2.05, 4.69) is 10.3 Å². The first kappa shape index (κ1) is 20.3. The average Bonchev–Trinajstić information content (AvgIpc) is 3.38. The fraction of sp³-hybridized carbons (Fsp3) is 0.667. The molecule has 2 saturated heterocycles. The van der Waals surface area contributed by atoms with Gasteiger partial charge in [-0.3, -0.25) is 14.0 Å². The summed E-state index contributed by atoms with van der Waals surface area (Å²) in [5.74, 6) is 0.351. The zero-order valence-electron chi connectivity index (χ0n) is 17.1. The summed E-state index contributed by atoms with van der Waals surface area (Å²) in [7, 11) is 0. The third-order valence-electron chi connectivity index (χ3n) is 5.95. The molecule has 2 aromatic heterocycles. The molecule has 2 fully saturated rings. The molecule has 2 aromatic rings. The molecule has 0 atom stereocenters. The van der Waals surface area contributed by atoms with Gasteiger partial charge in [-0.2, -0.15) is 0 Å². The molecule has 158 valence electrons. The lowest BCUT2D eigenvalue weighted by Crippen LogP contribution is -2.35. The van der Waals surface area contributed by atoms with Gasteiger partial charge in [0.05, 0.1) is 5.69 Å². The second-order valence-corrected chi connectivity index (χ2v) is 8.91. The van der Waals surface area contributed by atoms with Crippen LogP contribution in [0.1, 0.15) is 67.5 Å². The van der Waals surface area contributed by atoms with Crippen molar-refractivity contribution in [1.82, 2.24) is 24.5 Å². The maximum Gasteiger partial charge on any atom is 0.274 e. The highest BCUT2D eigenvalue weighted by atomic mass is 32.1. The number of nitrogens with one attached hydrogen (secondary N) is 1. The summed E-state index contributed by atoms with van der Waals surface area (Å²) in [5.41, 5.74) is 1.55. The van der Waals surface area contributed by atoms with Crippen molar-refractivity contribution in [3.63, 3.8) is 0 Å². The zero-order chi connectivity index (χ0) is 20.1. The molecule has 4 rings (SSSR count). The molecule has 29 heavy (non-hydrogen) atoms. The first-order valence-corrected chi connectivity index (χ1v) is 11.8. The largest absolute Gasteiger partial charge is 0.343 e. The van der Waals surface area contributed by atoms with Crippen LogP contribution in [-0.4, -0.2) is 63.7 Å². The molecular weight excluding hydrogens is 386 g/mol. The lowest BCUT2D eigenvalue weighted by Gasteiger charge is -2.24. The summed E-state index contributed by atoms with van der Waals surface area (Å²) in [4.78, 5) is 34.4. The van der Waals surface area contributed by atoms with Gasteiger partial charge in [0.1, 0.15) is 0 Å². The van der Waals surface area contributed by atoms with Gasteiger partial charge in [0.25, 0.3) is 5.91 Å². The van der Waals surface area contributed by atoms with Crippen LogP contribution in [-0.2, 0) is 11.3 Å². The third kappa shape index (κ3) is 4.80. The molecule has 2 aliphatic heterocycles. The van der Waals surface area contributed by atoms with Crippen molar-refractivity contribution < 1.29 is 9.59 Å². The Bertz CT molecular complexity index is 837. The minimum Gasteiger partial charge on any atom is -0.343 e. The Hall–Kier alpha value is -1.93. The van der Waals surface area contributed by atoms with Gasteiger partial charge in [-0.15, -0.1) is 11.3 Å². The van der Waals surface area contributed by atoms with Crippen molar-refractivity contribution in [3.05, 3.63) is 23.0 Å². The normalized spacial score (nSPS) is 18.4. The van der Waals surface area contributed by atoms with E-state index in [-0.39, 0.29) is 11.8 Å². The van der Waals surface area contributed by atoms with Gasteiger partial charge < -0.3 is 15.1 Å². The zero-order valence-corrected chi connectivity index (χ0v) is 17.9. The van der Waals surface area contributed by atoms with Gasteiger partial charge in [-0.05, 0) is 32.2 Å². The number of likely N-dealkylation sites (tertiary alicyclic amines) is 2. The molecule has 0 saturated carbocycles. The average molecular weight is 418 g/mol. The van der Waals surface area contributed by atoms with E-state index in [1.165, 1.54) is 19.3 Å². The fourth-order valence-electron chi connectivity index (χ4n) is 4.32.